The maximum atomic E-state index is 12.7. The third kappa shape index (κ3) is 3.93. The van der Waals surface area contributed by atoms with Crippen molar-refractivity contribution in [3.05, 3.63) is 59.7 Å². The van der Waals surface area contributed by atoms with Gasteiger partial charge in [0, 0.05) is 5.56 Å². The fourth-order valence-electron chi connectivity index (χ4n) is 3.00. The molecule has 2 aromatic carbocycles. The number of anilines is 1. The first-order chi connectivity index (χ1) is 11.6. The summed E-state index contributed by atoms with van der Waals surface area (Å²) < 4.78 is 4.04. The van der Waals surface area contributed by atoms with Gasteiger partial charge in [-0.25, -0.2) is 9.13 Å². The second-order valence-corrected chi connectivity index (χ2v) is 6.23. The molecule has 0 spiro atoms. The number of unbranched alkanes of at least 4 members (excludes halogenated alkanes) is 1. The number of fused-ring (bicyclic) bond motifs is 1. The van der Waals surface area contributed by atoms with Gasteiger partial charge in [0.25, 0.3) is 0 Å². The third-order valence-corrected chi connectivity index (χ3v) is 4.43. The largest absolute Gasteiger partial charge is 0.356 e. The molecule has 0 saturated carbocycles. The number of carbonyl (C=O) groups excluding carboxylic acids is 1. The van der Waals surface area contributed by atoms with Crippen LogP contribution in [-0.4, -0.2) is 10.4 Å². The van der Waals surface area contributed by atoms with E-state index in [9.17, 15) is 4.79 Å². The van der Waals surface area contributed by atoms with Crippen LogP contribution in [0.1, 0.15) is 35.7 Å². The number of halogens is 1. The van der Waals surface area contributed by atoms with Gasteiger partial charge in [-0.15, -0.1) is 17.0 Å². The van der Waals surface area contributed by atoms with Crippen molar-refractivity contribution >= 4 is 39.7 Å². The van der Waals surface area contributed by atoms with E-state index in [4.69, 9.17) is 5.73 Å². The molecule has 0 aliphatic rings. The Kier molecular flexibility index (Phi) is 6.37. The zero-order valence-electron chi connectivity index (χ0n) is 14.7. The van der Waals surface area contributed by atoms with Gasteiger partial charge in [-0.1, -0.05) is 55.3 Å². The van der Waals surface area contributed by atoms with Crippen molar-refractivity contribution in [2.24, 2.45) is 0 Å². The highest BCUT2D eigenvalue weighted by atomic mass is 79.9. The minimum atomic E-state index is 0. The summed E-state index contributed by atoms with van der Waals surface area (Å²) >= 11 is 0. The standard InChI is InChI=1S/C20H23N3O.BrH/c1-3-4-13-22-17-7-5-6-8-18(17)23(20(22)21)14-19(24)16-11-9-15(2)10-12-16;/h5-12,21H,3-4,13-14H2,1-2H3;1H/p+1. The van der Waals surface area contributed by atoms with E-state index in [0.717, 1.165) is 41.5 Å². The molecule has 0 fully saturated rings. The van der Waals surface area contributed by atoms with Gasteiger partial charge in [-0.05, 0) is 25.5 Å². The second-order valence-electron chi connectivity index (χ2n) is 6.23. The van der Waals surface area contributed by atoms with E-state index in [1.165, 1.54) is 0 Å². The van der Waals surface area contributed by atoms with Crippen LogP contribution in [0.5, 0.6) is 0 Å². The minimum Gasteiger partial charge on any atom is -0.291 e. The molecule has 0 bridgehead atoms. The Morgan fingerprint density at radius 1 is 1.12 bits per heavy atom. The Morgan fingerprint density at radius 2 is 1.80 bits per heavy atom. The second kappa shape index (κ2) is 8.30. The van der Waals surface area contributed by atoms with Gasteiger partial charge in [0.15, 0.2) is 5.78 Å². The maximum Gasteiger partial charge on any atom is 0.356 e. The third-order valence-electron chi connectivity index (χ3n) is 4.43. The lowest BCUT2D eigenvalue weighted by Gasteiger charge is -2.03. The van der Waals surface area contributed by atoms with Gasteiger partial charge < -0.3 is 0 Å². The molecule has 0 unspecified atom stereocenters. The van der Waals surface area contributed by atoms with Crippen LogP contribution in [0, 0.1) is 6.92 Å². The molecular weight excluding hydrogens is 378 g/mol. The van der Waals surface area contributed by atoms with Crippen molar-refractivity contribution in [3.8, 4) is 0 Å². The number of imidazole rings is 1. The lowest BCUT2D eigenvalue weighted by molar-refractivity contribution is -0.642. The van der Waals surface area contributed by atoms with Crippen LogP contribution >= 0.6 is 17.0 Å². The zero-order valence-corrected chi connectivity index (χ0v) is 16.4. The number of carbonyl (C=O) groups is 1. The first-order valence-corrected chi connectivity index (χ1v) is 8.48. The summed E-state index contributed by atoms with van der Waals surface area (Å²) in [5.41, 5.74) is 10.3. The van der Waals surface area contributed by atoms with Gasteiger partial charge >= 0.3 is 5.95 Å². The zero-order chi connectivity index (χ0) is 17.1. The summed E-state index contributed by atoms with van der Waals surface area (Å²) in [6.07, 6.45) is 2.17. The Bertz CT molecular complexity index is 869. The molecule has 0 aliphatic carbocycles. The summed E-state index contributed by atoms with van der Waals surface area (Å²) in [6, 6.07) is 15.8. The number of hydrogen-bond donors (Lipinski definition) is 1. The van der Waals surface area contributed by atoms with Crippen molar-refractivity contribution in [2.45, 2.75) is 39.8 Å². The molecule has 132 valence electrons. The highest BCUT2D eigenvalue weighted by molar-refractivity contribution is 8.93. The van der Waals surface area contributed by atoms with Crippen LogP contribution in [0.25, 0.3) is 11.0 Å². The molecule has 0 radical (unpaired) electrons. The average molecular weight is 403 g/mol. The quantitative estimate of drug-likeness (QED) is 0.498. The summed E-state index contributed by atoms with van der Waals surface area (Å²) in [5, 5.41) is 0. The van der Waals surface area contributed by atoms with E-state index in [1.807, 2.05) is 54.0 Å². The van der Waals surface area contributed by atoms with Crippen molar-refractivity contribution in [1.82, 2.24) is 4.57 Å². The molecule has 4 nitrogen and oxygen atoms in total. The van der Waals surface area contributed by atoms with E-state index in [1.54, 1.807) is 0 Å². The molecule has 1 heterocycles. The number of ketones is 1. The highest BCUT2D eigenvalue weighted by Crippen LogP contribution is 2.17. The van der Waals surface area contributed by atoms with E-state index in [0.29, 0.717) is 5.95 Å². The molecule has 5 heteroatoms. The fourth-order valence-corrected chi connectivity index (χ4v) is 3.00. The summed E-state index contributed by atoms with van der Waals surface area (Å²) in [4.78, 5) is 12.7. The maximum absolute atomic E-state index is 12.7. The molecule has 3 rings (SSSR count). The lowest BCUT2D eigenvalue weighted by Crippen LogP contribution is -2.40. The number of hydrogen-bond acceptors (Lipinski definition) is 2. The number of benzene rings is 2. The van der Waals surface area contributed by atoms with Crippen LogP contribution in [0.2, 0.25) is 0 Å². The van der Waals surface area contributed by atoms with E-state index in [2.05, 4.69) is 17.6 Å². The highest BCUT2D eigenvalue weighted by Gasteiger charge is 2.22. The topological polar surface area (TPSA) is 51.9 Å². The smallest absolute Gasteiger partial charge is 0.291 e. The van der Waals surface area contributed by atoms with Crippen LogP contribution < -0.4 is 10.3 Å². The van der Waals surface area contributed by atoms with Gasteiger partial charge in [0.2, 0.25) is 0 Å². The lowest BCUT2D eigenvalue weighted by atomic mass is 10.1. The average Bonchev–Trinajstić information content (AvgIpc) is 2.85. The molecule has 0 atom stereocenters. The predicted molar refractivity (Wildman–Crippen MR) is 107 cm³/mol. The Morgan fingerprint density at radius 3 is 2.48 bits per heavy atom. The number of nitrogens with zero attached hydrogens (tertiary/aromatic N) is 2. The van der Waals surface area contributed by atoms with Gasteiger partial charge in [0.05, 0.1) is 6.54 Å². The molecule has 0 saturated heterocycles. The fraction of sp³-hybridized carbons (Fsp3) is 0.300. The number of nitrogen functional groups attached to an aromatic ring is 1. The summed E-state index contributed by atoms with van der Waals surface area (Å²) in [6.45, 7) is 5.31. The number of para-hydroxylation sites is 2. The number of nitrogens with two attached hydrogens (primary N) is 1. The molecule has 25 heavy (non-hydrogen) atoms. The van der Waals surface area contributed by atoms with Crippen LogP contribution in [0.4, 0.5) is 5.95 Å². The Labute approximate surface area is 159 Å². The van der Waals surface area contributed by atoms with Crippen molar-refractivity contribution in [3.63, 3.8) is 0 Å². The Balaban J connectivity index is 0.00000225. The number of aromatic nitrogens is 2. The predicted octanol–water partition coefficient (Wildman–Crippen LogP) is 4.08. The van der Waals surface area contributed by atoms with Gasteiger partial charge in [-0.3, -0.25) is 10.5 Å². The molecule has 1 aromatic heterocycles. The summed E-state index contributed by atoms with van der Waals surface area (Å²) in [5.74, 6) is 0.718. The molecule has 2 N–H and O–H groups in total. The van der Waals surface area contributed by atoms with Crippen molar-refractivity contribution < 1.29 is 9.36 Å². The van der Waals surface area contributed by atoms with Crippen molar-refractivity contribution in [1.29, 1.82) is 0 Å². The number of Topliss-reactive ketones (excluding diaryl/α,β-unsaturated/α-hetero) is 1. The monoisotopic (exact) mass is 402 g/mol. The van der Waals surface area contributed by atoms with Crippen molar-refractivity contribution in [2.75, 3.05) is 5.73 Å². The van der Waals surface area contributed by atoms with E-state index < -0.39 is 0 Å². The molecule has 0 amide bonds. The van der Waals surface area contributed by atoms with Crippen LogP contribution in [-0.2, 0) is 13.1 Å². The summed E-state index contributed by atoms with van der Waals surface area (Å²) in [7, 11) is 0. The van der Waals surface area contributed by atoms with E-state index in [-0.39, 0.29) is 29.3 Å². The number of rotatable bonds is 6. The van der Waals surface area contributed by atoms with Crippen LogP contribution in [0.15, 0.2) is 48.5 Å². The first-order valence-electron chi connectivity index (χ1n) is 8.48. The SMILES string of the molecule is Br.CCCCn1c(N)[n+](CC(=O)c2ccc(C)cc2)c2ccccc21. The molecular formula is C20H25BrN3O+. The van der Waals surface area contributed by atoms with Crippen LogP contribution in [0.3, 0.4) is 0 Å². The molecule has 3 aromatic rings. The molecule has 0 aliphatic heterocycles. The first kappa shape index (κ1) is 19.2. The van der Waals surface area contributed by atoms with Gasteiger partial charge in [0.1, 0.15) is 17.6 Å². The van der Waals surface area contributed by atoms with E-state index >= 15 is 0 Å². The number of aryl methyl sites for hydroxylation is 2. The Hall–Kier alpha value is -2.14. The normalized spacial score (nSPS) is 10.6. The van der Waals surface area contributed by atoms with Gasteiger partial charge in [-0.2, -0.15) is 0 Å². The minimum absolute atomic E-state index is 0.